The Hall–Kier alpha value is -3.39. The maximum absolute atomic E-state index is 13.7. The molecule has 0 aliphatic carbocycles. The number of nitrogen functional groups attached to an aromatic ring is 1. The Morgan fingerprint density at radius 2 is 1.78 bits per heavy atom. The molecule has 0 spiro atoms. The van der Waals surface area contributed by atoms with Crippen LogP contribution in [0.1, 0.15) is 80.0 Å². The Morgan fingerprint density at radius 1 is 1.05 bits per heavy atom. The minimum Gasteiger partial charge on any atom is -0.474 e. The summed E-state index contributed by atoms with van der Waals surface area (Å²) in [7, 11) is 1.33. The molecule has 1 fully saturated rings. The number of carbonyl (C=O) groups is 2. The summed E-state index contributed by atoms with van der Waals surface area (Å²) in [5.74, 6) is -0.257. The Kier molecular flexibility index (Phi) is 8.48. The predicted molar refractivity (Wildman–Crippen MR) is 144 cm³/mol. The van der Waals surface area contributed by atoms with Crippen molar-refractivity contribution >= 4 is 23.4 Å². The fourth-order valence-electron chi connectivity index (χ4n) is 5.48. The van der Waals surface area contributed by atoms with E-state index in [1.807, 2.05) is 0 Å². The molecule has 0 aromatic heterocycles. The van der Waals surface area contributed by atoms with E-state index >= 15 is 0 Å². The van der Waals surface area contributed by atoms with E-state index in [1.54, 1.807) is 47.4 Å². The van der Waals surface area contributed by atoms with Gasteiger partial charge >= 0.3 is 5.97 Å². The normalized spacial score (nSPS) is 21.8. The van der Waals surface area contributed by atoms with Gasteiger partial charge < -0.3 is 20.1 Å². The number of hydrogen-bond acceptors (Lipinski definition) is 6. The second kappa shape index (κ2) is 11.8. The molecule has 0 radical (unpaired) electrons. The lowest BCUT2D eigenvalue weighted by Crippen LogP contribution is -2.44. The molecule has 3 atom stereocenters. The molecule has 8 heteroatoms. The number of fused-ring (bicyclic) bond motifs is 1. The van der Waals surface area contributed by atoms with E-state index in [-0.39, 0.29) is 11.7 Å². The highest BCUT2D eigenvalue weighted by molar-refractivity contribution is 6.02. The number of nitrogens with one attached hydrogen (secondary N) is 1. The summed E-state index contributed by atoms with van der Waals surface area (Å²) in [5.41, 5.74) is 7.82. The first-order valence-electron chi connectivity index (χ1n) is 13.2. The topological polar surface area (TPSA) is 109 Å². The van der Waals surface area contributed by atoms with Gasteiger partial charge in [0.1, 0.15) is 11.6 Å². The number of ether oxygens (including phenoxy) is 2. The van der Waals surface area contributed by atoms with Crippen molar-refractivity contribution in [3.63, 3.8) is 0 Å². The SMILES string of the molecule is COC(=O)c1ccc2c(c1)OC(c1cccc(C(=N)N)c1)C(=O)N2CCCCCN1C(C)CCCC1C. The summed E-state index contributed by atoms with van der Waals surface area (Å²) in [6, 6.07) is 13.3. The number of nitrogens with zero attached hydrogens (tertiary/aromatic N) is 2. The Balaban J connectivity index is 1.50. The van der Waals surface area contributed by atoms with Crippen LogP contribution in [0.2, 0.25) is 0 Å². The van der Waals surface area contributed by atoms with Crippen LogP contribution in [0.3, 0.4) is 0 Å². The highest BCUT2D eigenvalue weighted by Gasteiger charge is 2.36. The largest absolute Gasteiger partial charge is 0.474 e. The lowest BCUT2D eigenvalue weighted by molar-refractivity contribution is -0.126. The number of benzene rings is 2. The number of amidine groups is 1. The average molecular weight is 507 g/mol. The van der Waals surface area contributed by atoms with Gasteiger partial charge in [-0.3, -0.25) is 15.1 Å². The van der Waals surface area contributed by atoms with E-state index < -0.39 is 12.1 Å². The van der Waals surface area contributed by atoms with E-state index in [0.29, 0.717) is 46.8 Å². The fourth-order valence-corrected chi connectivity index (χ4v) is 5.48. The predicted octanol–water partition coefficient (Wildman–Crippen LogP) is 4.66. The van der Waals surface area contributed by atoms with Crippen molar-refractivity contribution in [3.05, 3.63) is 59.2 Å². The van der Waals surface area contributed by atoms with Crippen molar-refractivity contribution in [2.24, 2.45) is 5.73 Å². The molecule has 1 saturated heterocycles. The molecule has 0 saturated carbocycles. The summed E-state index contributed by atoms with van der Waals surface area (Å²) in [6.45, 7) is 6.28. The maximum atomic E-state index is 13.7. The van der Waals surface area contributed by atoms with E-state index in [0.717, 1.165) is 25.8 Å². The maximum Gasteiger partial charge on any atom is 0.337 e. The Bertz CT molecular complexity index is 1140. The molecular weight excluding hydrogens is 468 g/mol. The van der Waals surface area contributed by atoms with Gasteiger partial charge in [-0.1, -0.05) is 31.0 Å². The first kappa shape index (κ1) is 26.7. The zero-order valence-electron chi connectivity index (χ0n) is 22.0. The van der Waals surface area contributed by atoms with Crippen molar-refractivity contribution in [1.82, 2.24) is 4.90 Å². The number of methoxy groups -OCH3 is 1. The van der Waals surface area contributed by atoms with E-state index in [9.17, 15) is 9.59 Å². The first-order chi connectivity index (χ1) is 17.8. The van der Waals surface area contributed by atoms with Crippen LogP contribution in [-0.2, 0) is 9.53 Å². The molecule has 8 nitrogen and oxygen atoms in total. The van der Waals surface area contributed by atoms with Gasteiger partial charge in [0, 0.05) is 29.8 Å². The van der Waals surface area contributed by atoms with Crippen LogP contribution >= 0.6 is 0 Å². The average Bonchev–Trinajstić information content (AvgIpc) is 2.90. The van der Waals surface area contributed by atoms with Crippen molar-refractivity contribution in [1.29, 1.82) is 5.41 Å². The number of hydrogen-bond donors (Lipinski definition) is 2. The van der Waals surface area contributed by atoms with Crippen LogP contribution in [0.4, 0.5) is 5.69 Å². The quantitative estimate of drug-likeness (QED) is 0.222. The lowest BCUT2D eigenvalue weighted by Gasteiger charge is -2.39. The number of unbranched alkanes of at least 4 members (excludes halogenated alkanes) is 2. The first-order valence-corrected chi connectivity index (χ1v) is 13.2. The molecule has 4 rings (SSSR count). The van der Waals surface area contributed by atoms with Crippen LogP contribution in [0.5, 0.6) is 5.75 Å². The van der Waals surface area contributed by atoms with Gasteiger partial charge in [0.25, 0.3) is 5.91 Å². The standard InChI is InChI=1S/C29H38N4O4/c1-19-9-7-10-20(2)32(19)15-5-4-6-16-33-24-14-13-23(29(35)36-3)18-25(24)37-26(28(33)34)21-11-8-12-22(17-21)27(30)31/h8,11-14,17-20,26H,4-7,9-10,15-16H2,1-3H3,(H3,30,31). The number of esters is 1. The van der Waals surface area contributed by atoms with Gasteiger partial charge in [0.2, 0.25) is 6.10 Å². The van der Waals surface area contributed by atoms with Crippen LogP contribution < -0.4 is 15.4 Å². The third kappa shape index (κ3) is 5.96. The summed E-state index contributed by atoms with van der Waals surface area (Å²) in [6.07, 6.45) is 5.92. The van der Waals surface area contributed by atoms with Gasteiger partial charge in [-0.2, -0.15) is 0 Å². The molecule has 2 aliphatic heterocycles. The molecule has 0 bridgehead atoms. The van der Waals surface area contributed by atoms with E-state index in [4.69, 9.17) is 20.6 Å². The van der Waals surface area contributed by atoms with Crippen molar-refractivity contribution in [2.75, 3.05) is 25.1 Å². The molecule has 37 heavy (non-hydrogen) atoms. The Morgan fingerprint density at radius 3 is 2.49 bits per heavy atom. The molecule has 2 aromatic rings. The van der Waals surface area contributed by atoms with Crippen LogP contribution in [0, 0.1) is 5.41 Å². The molecule has 3 N–H and O–H groups in total. The lowest BCUT2D eigenvalue weighted by atomic mass is 9.97. The smallest absolute Gasteiger partial charge is 0.337 e. The van der Waals surface area contributed by atoms with E-state index in [2.05, 4.69) is 18.7 Å². The van der Waals surface area contributed by atoms with Gasteiger partial charge in [-0.15, -0.1) is 0 Å². The minimum absolute atomic E-state index is 0.0762. The zero-order valence-corrected chi connectivity index (χ0v) is 22.0. The second-order valence-corrected chi connectivity index (χ2v) is 10.1. The fraction of sp³-hybridized carbons (Fsp3) is 0.483. The molecule has 2 aromatic carbocycles. The van der Waals surface area contributed by atoms with Gasteiger partial charge in [-0.05, 0) is 70.3 Å². The highest BCUT2D eigenvalue weighted by atomic mass is 16.5. The number of likely N-dealkylation sites (tertiary alicyclic amines) is 1. The van der Waals surface area contributed by atoms with Crippen LogP contribution in [0.25, 0.3) is 0 Å². The van der Waals surface area contributed by atoms with Crippen molar-refractivity contribution in [2.45, 2.75) is 70.6 Å². The monoisotopic (exact) mass is 506 g/mol. The van der Waals surface area contributed by atoms with Gasteiger partial charge in [0.15, 0.2) is 0 Å². The van der Waals surface area contributed by atoms with Crippen LogP contribution in [0.15, 0.2) is 42.5 Å². The van der Waals surface area contributed by atoms with Crippen LogP contribution in [-0.4, -0.2) is 54.9 Å². The number of anilines is 1. The van der Waals surface area contributed by atoms with E-state index in [1.165, 1.54) is 26.4 Å². The zero-order chi connectivity index (χ0) is 26.5. The Labute approximate surface area is 219 Å². The number of carbonyl (C=O) groups excluding carboxylic acids is 2. The number of nitrogens with two attached hydrogens (primary N) is 1. The molecule has 198 valence electrons. The van der Waals surface area contributed by atoms with Gasteiger partial charge in [0.05, 0.1) is 18.4 Å². The number of piperidine rings is 1. The second-order valence-electron chi connectivity index (χ2n) is 10.1. The third-order valence-electron chi connectivity index (χ3n) is 7.58. The molecule has 2 heterocycles. The summed E-state index contributed by atoms with van der Waals surface area (Å²) in [4.78, 5) is 30.2. The number of amides is 1. The molecule has 1 amide bonds. The molecular formula is C29H38N4O4. The minimum atomic E-state index is -0.894. The summed E-state index contributed by atoms with van der Waals surface area (Å²) >= 11 is 0. The summed E-state index contributed by atoms with van der Waals surface area (Å²) < 4.78 is 11.0. The van der Waals surface area contributed by atoms with Gasteiger partial charge in [-0.25, -0.2) is 4.79 Å². The third-order valence-corrected chi connectivity index (χ3v) is 7.58. The highest BCUT2D eigenvalue weighted by Crippen LogP contribution is 2.40. The summed E-state index contributed by atoms with van der Waals surface area (Å²) in [5, 5.41) is 7.77. The number of rotatable bonds is 9. The van der Waals surface area contributed by atoms with Crippen molar-refractivity contribution in [3.8, 4) is 5.75 Å². The van der Waals surface area contributed by atoms with Crippen molar-refractivity contribution < 1.29 is 19.1 Å². The molecule has 2 aliphatic rings. The molecule has 3 unspecified atom stereocenters.